The van der Waals surface area contributed by atoms with E-state index in [1.807, 2.05) is 12.1 Å². The van der Waals surface area contributed by atoms with Crippen LogP contribution in [0.1, 0.15) is 30.9 Å². The third kappa shape index (κ3) is 4.33. The number of hydrogen-bond acceptors (Lipinski definition) is 3. The number of carboxylic acids is 1. The van der Waals surface area contributed by atoms with Gasteiger partial charge in [-0.1, -0.05) is 37.7 Å². The second kappa shape index (κ2) is 6.76. The first-order valence-electron chi connectivity index (χ1n) is 6.72. The molecule has 0 aliphatic carbocycles. The monoisotopic (exact) mass is 303 g/mol. The highest BCUT2D eigenvalue weighted by atomic mass is 32.2. The molecule has 0 amide bonds. The fourth-order valence-corrected chi connectivity index (χ4v) is 2.91. The van der Waals surface area contributed by atoms with Gasteiger partial charge in [-0.25, -0.2) is 4.39 Å². The van der Waals surface area contributed by atoms with E-state index >= 15 is 0 Å². The lowest BCUT2D eigenvalue weighted by Crippen LogP contribution is -2.24. The lowest BCUT2D eigenvalue weighted by molar-refractivity contribution is -0.304. The van der Waals surface area contributed by atoms with E-state index in [4.69, 9.17) is 0 Å². The van der Waals surface area contributed by atoms with Gasteiger partial charge in [0.05, 0.1) is 0 Å². The highest BCUT2D eigenvalue weighted by Gasteiger charge is 2.07. The normalized spacial score (nSPS) is 10.9. The molecular formula is C17H16FO2S-. The van der Waals surface area contributed by atoms with Gasteiger partial charge < -0.3 is 9.90 Å². The van der Waals surface area contributed by atoms with Gasteiger partial charge in [0.2, 0.25) is 0 Å². The van der Waals surface area contributed by atoms with Crippen molar-refractivity contribution in [3.8, 4) is 0 Å². The molecule has 0 fully saturated rings. The van der Waals surface area contributed by atoms with Crippen LogP contribution < -0.4 is 5.11 Å². The average molecular weight is 303 g/mol. The molecule has 2 aromatic carbocycles. The summed E-state index contributed by atoms with van der Waals surface area (Å²) < 4.78 is 13.3. The number of rotatable bonds is 5. The van der Waals surface area contributed by atoms with Gasteiger partial charge in [0.1, 0.15) is 5.82 Å². The van der Waals surface area contributed by atoms with Gasteiger partial charge in [0.25, 0.3) is 0 Å². The largest absolute Gasteiger partial charge is 0.550 e. The Labute approximate surface area is 128 Å². The molecule has 110 valence electrons. The van der Waals surface area contributed by atoms with Gasteiger partial charge in [0.15, 0.2) is 0 Å². The molecule has 21 heavy (non-hydrogen) atoms. The van der Waals surface area contributed by atoms with Crippen LogP contribution in [0.2, 0.25) is 0 Å². The Morgan fingerprint density at radius 1 is 1.19 bits per heavy atom. The predicted octanol–water partition coefficient (Wildman–Crippen LogP) is 3.39. The third-order valence-electron chi connectivity index (χ3n) is 3.13. The summed E-state index contributed by atoms with van der Waals surface area (Å²) in [6.07, 6.45) is -0.288. The number of benzene rings is 2. The molecule has 0 aromatic heterocycles. The topological polar surface area (TPSA) is 40.1 Å². The number of aliphatic carboxylic acids is 1. The van der Waals surface area contributed by atoms with Crippen molar-refractivity contribution >= 4 is 17.7 Å². The van der Waals surface area contributed by atoms with Crippen LogP contribution in [-0.4, -0.2) is 5.97 Å². The molecule has 0 saturated carbocycles. The summed E-state index contributed by atoms with van der Waals surface area (Å²) >= 11 is 1.43. The van der Waals surface area contributed by atoms with Crippen LogP contribution in [0.25, 0.3) is 0 Å². The quantitative estimate of drug-likeness (QED) is 0.850. The Morgan fingerprint density at radius 2 is 1.86 bits per heavy atom. The van der Waals surface area contributed by atoms with Gasteiger partial charge >= 0.3 is 0 Å². The molecule has 2 aromatic rings. The molecule has 0 aliphatic rings. The first-order valence-corrected chi connectivity index (χ1v) is 7.53. The van der Waals surface area contributed by atoms with Crippen LogP contribution in [0.3, 0.4) is 0 Å². The first kappa shape index (κ1) is 15.6. The Bertz CT molecular complexity index is 636. The summed E-state index contributed by atoms with van der Waals surface area (Å²) in [6, 6.07) is 12.3. The van der Waals surface area contributed by atoms with E-state index in [1.165, 1.54) is 29.5 Å². The molecule has 4 heteroatoms. The zero-order valence-corrected chi connectivity index (χ0v) is 12.7. The van der Waals surface area contributed by atoms with Crippen LogP contribution in [0.5, 0.6) is 0 Å². The SMILES string of the molecule is CC(C)c1ccc(Sc2ccc(F)cc2CC(=O)[O-])cc1. The Hall–Kier alpha value is -1.81. The summed E-state index contributed by atoms with van der Waals surface area (Å²) in [5.74, 6) is -1.19. The molecule has 0 saturated heterocycles. The average Bonchev–Trinajstić information content (AvgIpc) is 2.42. The van der Waals surface area contributed by atoms with E-state index in [9.17, 15) is 14.3 Å². The molecule has 2 nitrogen and oxygen atoms in total. The number of halogens is 1. The van der Waals surface area contributed by atoms with Crippen LogP contribution in [-0.2, 0) is 11.2 Å². The summed E-state index contributed by atoms with van der Waals surface area (Å²) in [5.41, 5.74) is 1.68. The van der Waals surface area contributed by atoms with Crippen LogP contribution in [0.4, 0.5) is 4.39 Å². The maximum Gasteiger partial charge on any atom is 0.123 e. The van der Waals surface area contributed by atoms with E-state index in [2.05, 4.69) is 26.0 Å². The fourth-order valence-electron chi connectivity index (χ4n) is 1.99. The number of carboxylic acid groups (broad SMARTS) is 1. The van der Waals surface area contributed by atoms with E-state index in [0.717, 1.165) is 9.79 Å². The van der Waals surface area contributed by atoms with Crippen LogP contribution in [0.15, 0.2) is 52.3 Å². The van der Waals surface area contributed by atoms with Gasteiger partial charge in [-0.15, -0.1) is 0 Å². The first-order chi connectivity index (χ1) is 9.95. The fraction of sp³-hybridized carbons (Fsp3) is 0.235. The number of carbonyl (C=O) groups excluding carboxylic acids is 1. The number of hydrogen-bond donors (Lipinski definition) is 0. The number of carbonyl (C=O) groups is 1. The summed E-state index contributed by atoms with van der Waals surface area (Å²) in [6.45, 7) is 4.25. The van der Waals surface area contributed by atoms with Crippen molar-refractivity contribution in [3.05, 3.63) is 59.4 Å². The molecule has 0 bridgehead atoms. The second-order valence-corrected chi connectivity index (χ2v) is 6.24. The Kier molecular flexibility index (Phi) is 5.02. The highest BCUT2D eigenvalue weighted by molar-refractivity contribution is 7.99. The Morgan fingerprint density at radius 3 is 2.43 bits per heavy atom. The van der Waals surface area contributed by atoms with E-state index < -0.39 is 11.8 Å². The zero-order chi connectivity index (χ0) is 15.4. The molecule has 0 aliphatic heterocycles. The molecule has 0 atom stereocenters. The Balaban J connectivity index is 2.24. The van der Waals surface area contributed by atoms with Crippen molar-refractivity contribution in [3.63, 3.8) is 0 Å². The lowest BCUT2D eigenvalue weighted by Gasteiger charge is -2.11. The van der Waals surface area contributed by atoms with E-state index in [0.29, 0.717) is 11.5 Å². The minimum absolute atomic E-state index is 0.288. The molecule has 2 rings (SSSR count). The maximum atomic E-state index is 13.3. The second-order valence-electron chi connectivity index (χ2n) is 5.13. The minimum atomic E-state index is -1.21. The van der Waals surface area contributed by atoms with E-state index in [1.54, 1.807) is 6.07 Å². The molecule has 0 radical (unpaired) electrons. The van der Waals surface area contributed by atoms with Crippen molar-refractivity contribution in [1.29, 1.82) is 0 Å². The lowest BCUT2D eigenvalue weighted by atomic mass is 10.0. The van der Waals surface area contributed by atoms with Gasteiger partial charge in [-0.3, -0.25) is 0 Å². The van der Waals surface area contributed by atoms with Crippen molar-refractivity contribution < 1.29 is 14.3 Å². The molecule has 0 heterocycles. The third-order valence-corrected chi connectivity index (χ3v) is 4.26. The highest BCUT2D eigenvalue weighted by Crippen LogP contribution is 2.32. The van der Waals surface area contributed by atoms with Gasteiger partial charge in [-0.05, 0) is 47.4 Å². The van der Waals surface area contributed by atoms with E-state index in [-0.39, 0.29) is 6.42 Å². The maximum absolute atomic E-state index is 13.3. The standard InChI is InChI=1S/C17H17FO2S/c1-11(2)12-3-6-15(7-4-12)21-16-8-5-14(18)9-13(16)10-17(19)20/h3-9,11H,10H2,1-2H3,(H,19,20)/p-1. The summed E-state index contributed by atoms with van der Waals surface area (Å²) in [4.78, 5) is 12.5. The van der Waals surface area contributed by atoms with Crippen molar-refractivity contribution in [2.75, 3.05) is 0 Å². The van der Waals surface area contributed by atoms with Gasteiger partial charge in [-0.2, -0.15) is 0 Å². The van der Waals surface area contributed by atoms with Crippen LogP contribution >= 0.6 is 11.8 Å². The van der Waals surface area contributed by atoms with Crippen molar-refractivity contribution in [1.82, 2.24) is 0 Å². The molecular weight excluding hydrogens is 287 g/mol. The summed E-state index contributed by atoms with van der Waals surface area (Å²) in [5, 5.41) is 10.8. The smallest absolute Gasteiger partial charge is 0.123 e. The molecule has 0 spiro atoms. The van der Waals surface area contributed by atoms with Gasteiger partial charge in [0, 0.05) is 22.2 Å². The molecule has 0 N–H and O–H groups in total. The van der Waals surface area contributed by atoms with Crippen molar-refractivity contribution in [2.24, 2.45) is 0 Å². The van der Waals surface area contributed by atoms with Crippen LogP contribution in [0, 0.1) is 5.82 Å². The minimum Gasteiger partial charge on any atom is -0.550 e. The van der Waals surface area contributed by atoms with Crippen molar-refractivity contribution in [2.45, 2.75) is 36.0 Å². The predicted molar refractivity (Wildman–Crippen MR) is 79.8 cm³/mol. The molecule has 0 unspecified atom stereocenters. The zero-order valence-electron chi connectivity index (χ0n) is 11.9. The summed E-state index contributed by atoms with van der Waals surface area (Å²) in [7, 11) is 0.